The third kappa shape index (κ3) is 17.9. The fourth-order valence-electron chi connectivity index (χ4n) is 8.97. The van der Waals surface area contributed by atoms with E-state index < -0.39 is 48.4 Å². The van der Waals surface area contributed by atoms with Crippen molar-refractivity contribution in [2.75, 3.05) is 43.2 Å². The maximum Gasteiger partial charge on any atom is 0.508 e. The molecule has 0 fully saturated rings. The van der Waals surface area contributed by atoms with Gasteiger partial charge in [0.2, 0.25) is 0 Å². The quantitative estimate of drug-likeness (QED) is 0.0221. The van der Waals surface area contributed by atoms with Crippen molar-refractivity contribution in [2.24, 2.45) is 5.92 Å². The van der Waals surface area contributed by atoms with Crippen LogP contribution in [0.1, 0.15) is 105 Å². The summed E-state index contributed by atoms with van der Waals surface area (Å²) in [7, 11) is 2.85. The van der Waals surface area contributed by atoms with Gasteiger partial charge >= 0.3 is 18.1 Å². The number of aliphatic hydroxyl groups excluding tert-OH is 2. The van der Waals surface area contributed by atoms with Crippen LogP contribution >= 0.6 is 21.6 Å². The molecule has 0 radical (unpaired) electrons. The highest BCUT2D eigenvalue weighted by molar-refractivity contribution is 8.76. The number of carboxylic acid groups (broad SMARTS) is 1. The van der Waals surface area contributed by atoms with Crippen LogP contribution in [0.4, 0.5) is 14.9 Å². The van der Waals surface area contributed by atoms with Crippen molar-refractivity contribution in [1.29, 1.82) is 0 Å². The van der Waals surface area contributed by atoms with Crippen LogP contribution in [0.2, 0.25) is 0 Å². The van der Waals surface area contributed by atoms with Gasteiger partial charge in [-0.15, -0.1) is 0 Å². The zero-order chi connectivity index (χ0) is 53.9. The number of aromatic carboxylic acids is 1. The number of carboxylic acids is 1. The minimum Gasteiger partial charge on any atom is -0.490 e. The first-order valence-corrected chi connectivity index (χ1v) is 27.8. The van der Waals surface area contributed by atoms with E-state index in [1.54, 1.807) is 24.3 Å². The number of esters is 1. The standard InChI is InChI=1S/C59H69FN2O11S2/c1-39(2)54-53(56(66)61-46-14-10-7-11-15-46)52(41-12-8-6-9-13-41)55(42-19-25-45(60)26-20-42)62(54)31-30-47(63)36-48(64)37-51(65)70-32-34-74-75-35-33-71-58(69)73-50(38-72-49-28-21-43(22-29-49)57(67)68)27-18-40-16-23-44(24-17-40)59(3,4)5/h6-17,19-26,28-29,39,47-48,50,52,55,63-64H,18,27,30-38H2,1-5H3,(H,61,66)(H,67,68)/t47-,48-,50?,52?,55?/m1/s1. The number of hydrogen-bond acceptors (Lipinski definition) is 13. The van der Waals surface area contributed by atoms with E-state index in [0.717, 1.165) is 22.4 Å². The summed E-state index contributed by atoms with van der Waals surface area (Å²) in [6.07, 6.45) is -2.75. The normalized spacial score (nSPS) is 15.8. The molecule has 1 aliphatic rings. The molecule has 0 aromatic heterocycles. The number of carbonyl (C=O) groups is 4. The second-order valence-corrected chi connectivity index (χ2v) is 22.4. The summed E-state index contributed by atoms with van der Waals surface area (Å²) < 4.78 is 36.6. The fourth-order valence-corrected chi connectivity index (χ4v) is 10.6. The molecule has 3 unspecified atom stereocenters. The number of aliphatic hydroxyl groups is 2. The summed E-state index contributed by atoms with van der Waals surface area (Å²) in [5, 5.41) is 34.5. The number of para-hydroxylation sites is 1. The number of ether oxygens (including phenoxy) is 4. The Hall–Kier alpha value is -6.33. The number of anilines is 1. The molecule has 1 amide bonds. The van der Waals surface area contributed by atoms with Crippen LogP contribution in [-0.4, -0.2) is 100 Å². The Morgan fingerprint density at radius 1 is 0.747 bits per heavy atom. The molecule has 0 bridgehead atoms. The smallest absolute Gasteiger partial charge is 0.490 e. The zero-order valence-corrected chi connectivity index (χ0v) is 44.8. The average molecular weight is 1070 g/mol. The van der Waals surface area contributed by atoms with E-state index in [1.807, 2.05) is 74.5 Å². The van der Waals surface area contributed by atoms with E-state index >= 15 is 0 Å². The third-order valence-corrected chi connectivity index (χ3v) is 15.0. The minimum atomic E-state index is -1.17. The van der Waals surface area contributed by atoms with E-state index in [-0.39, 0.29) is 67.7 Å². The van der Waals surface area contributed by atoms with Gasteiger partial charge in [0.15, 0.2) is 0 Å². The average Bonchev–Trinajstić information content (AvgIpc) is 3.74. The fraction of sp³-hybridized carbons (Fsp3) is 0.390. The third-order valence-electron chi connectivity index (χ3n) is 12.7. The van der Waals surface area contributed by atoms with E-state index in [1.165, 1.54) is 51.4 Å². The lowest BCUT2D eigenvalue weighted by atomic mass is 9.82. The lowest BCUT2D eigenvalue weighted by Crippen LogP contribution is -2.32. The Morgan fingerprint density at radius 2 is 1.37 bits per heavy atom. The Bertz CT molecular complexity index is 2630. The van der Waals surface area contributed by atoms with Crippen molar-refractivity contribution in [3.05, 3.63) is 178 Å². The summed E-state index contributed by atoms with van der Waals surface area (Å²) in [5.74, 6) is -1.53. The Balaban J connectivity index is 0.938. The lowest BCUT2D eigenvalue weighted by Gasteiger charge is -2.35. The number of halogens is 1. The van der Waals surface area contributed by atoms with Gasteiger partial charge in [0.1, 0.15) is 37.5 Å². The molecule has 0 saturated heterocycles. The maximum atomic E-state index is 14.4. The van der Waals surface area contributed by atoms with Gasteiger partial charge in [-0.3, -0.25) is 9.59 Å². The molecule has 0 spiro atoms. The van der Waals surface area contributed by atoms with Gasteiger partial charge in [-0.1, -0.05) is 141 Å². The minimum absolute atomic E-state index is 0.0161. The Morgan fingerprint density at radius 3 is 1.99 bits per heavy atom. The van der Waals surface area contributed by atoms with Crippen LogP contribution in [0.5, 0.6) is 5.75 Å². The molecule has 0 aliphatic carbocycles. The summed E-state index contributed by atoms with van der Waals surface area (Å²) >= 11 is 0. The first-order chi connectivity index (χ1) is 36.0. The van der Waals surface area contributed by atoms with Crippen LogP contribution in [0, 0.1) is 11.7 Å². The molecule has 4 N–H and O–H groups in total. The van der Waals surface area contributed by atoms with Crippen molar-refractivity contribution in [3.8, 4) is 5.75 Å². The lowest BCUT2D eigenvalue weighted by molar-refractivity contribution is -0.145. The number of nitrogens with one attached hydrogen (secondary N) is 1. The number of allylic oxidation sites excluding steroid dienone is 1. The predicted molar refractivity (Wildman–Crippen MR) is 292 cm³/mol. The summed E-state index contributed by atoms with van der Waals surface area (Å²) in [6, 6.07) is 39.1. The topological polar surface area (TPSA) is 181 Å². The number of nitrogens with zero attached hydrogens (tertiary/aromatic N) is 1. The molecule has 6 rings (SSSR count). The van der Waals surface area contributed by atoms with Crippen LogP contribution in [0.25, 0.3) is 0 Å². The van der Waals surface area contributed by atoms with Crippen LogP contribution < -0.4 is 10.1 Å². The number of hydrogen-bond donors (Lipinski definition) is 4. The largest absolute Gasteiger partial charge is 0.508 e. The second kappa shape index (κ2) is 28.5. The van der Waals surface area contributed by atoms with Gasteiger partial charge in [-0.25, -0.2) is 14.0 Å². The maximum absolute atomic E-state index is 14.4. The molecule has 5 aromatic rings. The molecule has 1 aliphatic heterocycles. The highest BCUT2D eigenvalue weighted by Crippen LogP contribution is 2.52. The molecule has 5 aromatic carbocycles. The number of rotatable bonds is 27. The second-order valence-electron chi connectivity index (χ2n) is 19.7. The Labute approximate surface area is 447 Å². The van der Waals surface area contributed by atoms with Crippen molar-refractivity contribution in [2.45, 2.75) is 102 Å². The van der Waals surface area contributed by atoms with Gasteiger partial charge in [-0.05, 0) is 108 Å². The van der Waals surface area contributed by atoms with Crippen molar-refractivity contribution in [3.63, 3.8) is 0 Å². The summed E-state index contributed by atoms with van der Waals surface area (Å²) in [4.78, 5) is 53.3. The van der Waals surface area contributed by atoms with Crippen LogP contribution in [-0.2, 0) is 35.6 Å². The summed E-state index contributed by atoms with van der Waals surface area (Å²) in [5.41, 5.74) is 6.17. The van der Waals surface area contributed by atoms with E-state index in [0.29, 0.717) is 47.9 Å². The highest BCUT2D eigenvalue weighted by atomic mass is 33.1. The summed E-state index contributed by atoms with van der Waals surface area (Å²) in [6.45, 7) is 11.0. The SMILES string of the molecule is CC(C)C1=C(C(=O)Nc2ccccc2)C(c2ccccc2)C(c2ccc(F)cc2)N1CC[C@@H](O)C[C@@H](O)CC(=O)OCCSSCCOC(=O)OC(CCc1ccc(C(C)(C)C)cc1)COc1ccc(C(=O)O)cc1. The number of amides is 1. The van der Waals surface area contributed by atoms with Gasteiger partial charge in [0.25, 0.3) is 5.91 Å². The van der Waals surface area contributed by atoms with Gasteiger partial charge in [0.05, 0.1) is 30.2 Å². The van der Waals surface area contributed by atoms with E-state index in [2.05, 4.69) is 55.3 Å². The van der Waals surface area contributed by atoms with Crippen molar-refractivity contribution in [1.82, 2.24) is 4.90 Å². The molecule has 16 heteroatoms. The monoisotopic (exact) mass is 1060 g/mol. The van der Waals surface area contributed by atoms with Gasteiger partial charge in [-0.2, -0.15) is 0 Å². The van der Waals surface area contributed by atoms with Gasteiger partial charge in [0, 0.05) is 40.9 Å². The number of carbonyl (C=O) groups excluding carboxylic acids is 3. The highest BCUT2D eigenvalue weighted by Gasteiger charge is 2.45. The predicted octanol–water partition coefficient (Wildman–Crippen LogP) is 11.6. The number of aryl methyl sites for hydroxylation is 1. The first-order valence-electron chi connectivity index (χ1n) is 25.3. The molecule has 75 heavy (non-hydrogen) atoms. The zero-order valence-electron chi connectivity index (χ0n) is 43.2. The van der Waals surface area contributed by atoms with Crippen molar-refractivity contribution < 1.29 is 57.8 Å². The van der Waals surface area contributed by atoms with E-state index in [9.17, 15) is 38.9 Å². The molecule has 1 heterocycles. The molecular weight excluding hydrogens is 996 g/mol. The number of benzene rings is 5. The molecule has 0 saturated carbocycles. The van der Waals surface area contributed by atoms with Gasteiger partial charge < -0.3 is 44.5 Å². The van der Waals surface area contributed by atoms with Crippen molar-refractivity contribution >= 4 is 51.3 Å². The van der Waals surface area contributed by atoms with Crippen LogP contribution in [0.3, 0.4) is 0 Å². The van der Waals surface area contributed by atoms with Crippen LogP contribution in [0.15, 0.2) is 145 Å². The first kappa shape index (κ1) is 57.9. The molecule has 13 nitrogen and oxygen atoms in total. The molecule has 5 atom stereocenters. The Kier molecular flexibility index (Phi) is 22.0. The molecule has 400 valence electrons. The van der Waals surface area contributed by atoms with E-state index in [4.69, 9.17) is 18.9 Å². The molecular formula is C59H69FN2O11S2.